The van der Waals surface area contributed by atoms with E-state index < -0.39 is 0 Å². The molecule has 0 aliphatic heterocycles. The third-order valence-electron chi connectivity index (χ3n) is 5.00. The molecule has 1 unspecified atom stereocenters. The molecule has 3 aromatic rings. The van der Waals surface area contributed by atoms with Crippen LogP contribution in [0.4, 0.5) is 0 Å². The van der Waals surface area contributed by atoms with Gasteiger partial charge in [0.25, 0.3) is 0 Å². The molecule has 0 bridgehead atoms. The molecule has 0 spiro atoms. The van der Waals surface area contributed by atoms with Gasteiger partial charge in [-0.05, 0) is 45.7 Å². The molecule has 3 rings (SSSR count). The zero-order valence-electron chi connectivity index (χ0n) is 17.4. The van der Waals surface area contributed by atoms with Gasteiger partial charge >= 0.3 is 0 Å². The fraction of sp³-hybridized carbons (Fsp3) is 0.364. The number of carbonyl (C=O) groups excluding carboxylic acids is 2. The number of thioether (sulfide) groups is 1. The number of carbonyl (C=O) groups is 2. The first-order valence-electron chi connectivity index (χ1n) is 9.70. The minimum atomic E-state index is -0.356. The summed E-state index contributed by atoms with van der Waals surface area (Å²) in [5, 5.41) is 9.06. The summed E-state index contributed by atoms with van der Waals surface area (Å²) in [5.41, 5.74) is 3.73. The third kappa shape index (κ3) is 4.34. The molecule has 1 aromatic carbocycles. The second kappa shape index (κ2) is 8.78. The average molecular weight is 411 g/mol. The van der Waals surface area contributed by atoms with E-state index in [1.165, 1.54) is 24.2 Å². The third-order valence-corrected chi connectivity index (χ3v) is 6.08. The number of aromatic amines is 1. The van der Waals surface area contributed by atoms with Crippen molar-refractivity contribution in [3.8, 4) is 0 Å². The van der Waals surface area contributed by atoms with Gasteiger partial charge in [0.1, 0.15) is 5.82 Å². The van der Waals surface area contributed by atoms with Crippen molar-refractivity contribution in [2.75, 3.05) is 0 Å². The van der Waals surface area contributed by atoms with Crippen LogP contribution in [0.3, 0.4) is 0 Å². The highest BCUT2D eigenvalue weighted by atomic mass is 32.2. The van der Waals surface area contributed by atoms with Crippen molar-refractivity contribution in [2.24, 2.45) is 0 Å². The smallest absolute Gasteiger partial charge is 0.192 e. The van der Waals surface area contributed by atoms with Crippen molar-refractivity contribution in [3.63, 3.8) is 0 Å². The summed E-state index contributed by atoms with van der Waals surface area (Å²) in [7, 11) is 0. The van der Waals surface area contributed by atoms with Gasteiger partial charge in [-0.2, -0.15) is 0 Å². The second-order valence-electron chi connectivity index (χ2n) is 7.11. The Morgan fingerprint density at radius 2 is 1.86 bits per heavy atom. The summed E-state index contributed by atoms with van der Waals surface area (Å²) < 4.78 is 2.05. The van der Waals surface area contributed by atoms with Crippen molar-refractivity contribution >= 4 is 23.3 Å². The number of H-pyrrole nitrogens is 1. The van der Waals surface area contributed by atoms with Gasteiger partial charge in [0, 0.05) is 24.2 Å². The molecule has 152 valence electrons. The van der Waals surface area contributed by atoms with Crippen LogP contribution in [0.25, 0.3) is 0 Å². The molecule has 1 N–H and O–H groups in total. The average Bonchev–Trinajstić information content (AvgIpc) is 3.21. The van der Waals surface area contributed by atoms with E-state index in [1.54, 1.807) is 0 Å². The predicted molar refractivity (Wildman–Crippen MR) is 115 cm³/mol. The van der Waals surface area contributed by atoms with Crippen LogP contribution in [-0.4, -0.2) is 36.6 Å². The van der Waals surface area contributed by atoms with Crippen LogP contribution in [0, 0.1) is 13.8 Å². The number of aryl methyl sites for hydroxylation is 1. The van der Waals surface area contributed by atoms with E-state index in [2.05, 4.69) is 31.9 Å². The van der Waals surface area contributed by atoms with Crippen LogP contribution in [0.5, 0.6) is 0 Å². The first-order valence-corrected chi connectivity index (χ1v) is 10.6. The highest BCUT2D eigenvalue weighted by molar-refractivity contribution is 8.00. The normalized spacial score (nSPS) is 12.2. The van der Waals surface area contributed by atoms with Crippen molar-refractivity contribution in [1.82, 2.24) is 19.7 Å². The quantitative estimate of drug-likeness (QED) is 0.440. The van der Waals surface area contributed by atoms with E-state index in [-0.39, 0.29) is 16.8 Å². The minimum Gasteiger partial charge on any atom is -0.355 e. The number of hydrogen-bond donors (Lipinski definition) is 1. The molecule has 0 aliphatic carbocycles. The van der Waals surface area contributed by atoms with Gasteiger partial charge in [-0.25, -0.2) is 0 Å². The summed E-state index contributed by atoms with van der Waals surface area (Å²) in [4.78, 5) is 28.0. The molecule has 0 aliphatic rings. The molecule has 0 radical (unpaired) electrons. The number of hydrogen-bond acceptors (Lipinski definition) is 5. The molecule has 7 heteroatoms. The molecular weight excluding hydrogens is 384 g/mol. The molecule has 2 heterocycles. The molecule has 2 aromatic heterocycles. The van der Waals surface area contributed by atoms with E-state index in [0.29, 0.717) is 23.2 Å². The first kappa shape index (κ1) is 21.0. The van der Waals surface area contributed by atoms with Crippen LogP contribution in [-0.2, 0) is 13.0 Å². The van der Waals surface area contributed by atoms with Crippen LogP contribution in [0.2, 0.25) is 0 Å². The molecule has 0 amide bonds. The van der Waals surface area contributed by atoms with Gasteiger partial charge in [-0.1, -0.05) is 42.1 Å². The van der Waals surface area contributed by atoms with Gasteiger partial charge in [0.15, 0.2) is 16.7 Å². The van der Waals surface area contributed by atoms with E-state index >= 15 is 0 Å². The zero-order valence-corrected chi connectivity index (χ0v) is 18.3. The SMILES string of the molecule is CCn1c(Cc2ccccc2)nnc1SC(C)C(=O)c1[nH]c(C)c(C(C)=O)c1C. The standard InChI is InChI=1S/C22H26N4O2S/c1-6-26-18(12-17-10-8-7-9-11-17)24-25-22(26)29-16(5)21(28)20-13(2)19(15(4)27)14(3)23-20/h7-11,16,23H,6,12H2,1-5H3. The van der Waals surface area contributed by atoms with Crippen molar-refractivity contribution in [2.45, 2.75) is 58.0 Å². The maximum absolute atomic E-state index is 13.0. The number of benzene rings is 1. The maximum Gasteiger partial charge on any atom is 0.192 e. The molecular formula is C22H26N4O2S. The lowest BCUT2D eigenvalue weighted by Gasteiger charge is -2.11. The summed E-state index contributed by atoms with van der Waals surface area (Å²) in [5.74, 6) is 0.803. The molecule has 0 saturated carbocycles. The van der Waals surface area contributed by atoms with Gasteiger partial charge in [0.05, 0.1) is 10.9 Å². The Labute approximate surface area is 175 Å². The Morgan fingerprint density at radius 3 is 2.45 bits per heavy atom. The van der Waals surface area contributed by atoms with Crippen molar-refractivity contribution < 1.29 is 9.59 Å². The van der Waals surface area contributed by atoms with Gasteiger partial charge < -0.3 is 9.55 Å². The van der Waals surface area contributed by atoms with Crippen LogP contribution in [0.1, 0.15) is 64.3 Å². The Kier molecular flexibility index (Phi) is 6.37. The number of aromatic nitrogens is 4. The Balaban J connectivity index is 1.80. The summed E-state index contributed by atoms with van der Waals surface area (Å²) in [6, 6.07) is 10.1. The fourth-order valence-electron chi connectivity index (χ4n) is 3.57. The van der Waals surface area contributed by atoms with E-state index in [4.69, 9.17) is 0 Å². The summed E-state index contributed by atoms with van der Waals surface area (Å²) in [6.07, 6.45) is 0.696. The Bertz CT molecular complexity index is 1040. The summed E-state index contributed by atoms with van der Waals surface area (Å²) >= 11 is 1.40. The number of rotatable bonds is 8. The second-order valence-corrected chi connectivity index (χ2v) is 8.42. The number of nitrogens with one attached hydrogen (secondary N) is 1. The largest absolute Gasteiger partial charge is 0.355 e. The molecule has 0 saturated heterocycles. The van der Waals surface area contributed by atoms with E-state index in [1.807, 2.05) is 45.9 Å². The van der Waals surface area contributed by atoms with Crippen molar-refractivity contribution in [3.05, 3.63) is 64.2 Å². The predicted octanol–water partition coefficient (Wildman–Crippen LogP) is 4.40. The van der Waals surface area contributed by atoms with E-state index in [0.717, 1.165) is 23.2 Å². The van der Waals surface area contributed by atoms with Crippen molar-refractivity contribution in [1.29, 1.82) is 0 Å². The molecule has 0 fully saturated rings. The van der Waals surface area contributed by atoms with Crippen LogP contribution >= 0.6 is 11.8 Å². The van der Waals surface area contributed by atoms with E-state index in [9.17, 15) is 9.59 Å². The molecule has 29 heavy (non-hydrogen) atoms. The minimum absolute atomic E-state index is 0.0353. The first-order chi connectivity index (χ1) is 13.8. The molecule has 6 nitrogen and oxygen atoms in total. The maximum atomic E-state index is 13.0. The Hall–Kier alpha value is -2.67. The lowest BCUT2D eigenvalue weighted by molar-refractivity contribution is 0.0988. The van der Waals surface area contributed by atoms with Crippen LogP contribution in [0.15, 0.2) is 35.5 Å². The lowest BCUT2D eigenvalue weighted by atomic mass is 10.0. The van der Waals surface area contributed by atoms with Gasteiger partial charge in [0.2, 0.25) is 0 Å². The van der Waals surface area contributed by atoms with Gasteiger partial charge in [-0.15, -0.1) is 10.2 Å². The highest BCUT2D eigenvalue weighted by Gasteiger charge is 2.26. The fourth-order valence-corrected chi connectivity index (χ4v) is 4.56. The molecule has 1 atom stereocenters. The topological polar surface area (TPSA) is 80.6 Å². The van der Waals surface area contributed by atoms with Gasteiger partial charge in [-0.3, -0.25) is 9.59 Å². The zero-order chi connectivity index (χ0) is 21.1. The number of Topliss-reactive ketones (excluding diaryl/α,β-unsaturated/α-hetero) is 2. The monoisotopic (exact) mass is 410 g/mol. The number of ketones is 2. The van der Waals surface area contributed by atoms with Crippen LogP contribution < -0.4 is 0 Å². The highest BCUT2D eigenvalue weighted by Crippen LogP contribution is 2.28. The lowest BCUT2D eigenvalue weighted by Crippen LogP contribution is -2.16. The summed E-state index contributed by atoms with van der Waals surface area (Å²) in [6.45, 7) is 9.80. The Morgan fingerprint density at radius 1 is 1.17 bits per heavy atom. The number of nitrogens with zero attached hydrogens (tertiary/aromatic N) is 3.